The molecule has 0 bridgehead atoms. The molecule has 1 aromatic rings. The first kappa shape index (κ1) is 30.1. The lowest BCUT2D eigenvalue weighted by molar-refractivity contribution is -0.145. The van der Waals surface area contributed by atoms with Crippen molar-refractivity contribution < 1.29 is 24.2 Å². The van der Waals surface area contributed by atoms with Crippen LogP contribution >= 0.6 is 0 Å². The Morgan fingerprint density at radius 3 is 2.43 bits per heavy atom. The van der Waals surface area contributed by atoms with E-state index in [1.807, 2.05) is 50.3 Å². The van der Waals surface area contributed by atoms with Crippen molar-refractivity contribution in [2.24, 2.45) is 11.8 Å². The molecule has 0 fully saturated rings. The van der Waals surface area contributed by atoms with E-state index >= 15 is 0 Å². The van der Waals surface area contributed by atoms with E-state index < -0.39 is 5.92 Å². The molecular weight excluding hydrogens is 444 g/mol. The van der Waals surface area contributed by atoms with Crippen LogP contribution in [0.2, 0.25) is 0 Å². The summed E-state index contributed by atoms with van der Waals surface area (Å²) in [5.74, 6) is -1.34. The van der Waals surface area contributed by atoms with E-state index in [9.17, 15) is 19.5 Å². The number of benzene rings is 1. The average Bonchev–Trinajstić information content (AvgIpc) is 2.84. The quantitative estimate of drug-likeness (QED) is 0.186. The normalized spacial score (nSPS) is 12.5. The zero-order chi connectivity index (χ0) is 26.1. The lowest BCUT2D eigenvalue weighted by Gasteiger charge is -2.27. The molecule has 0 radical (unpaired) electrons. The fourth-order valence-electron chi connectivity index (χ4n) is 3.55. The van der Waals surface area contributed by atoms with Crippen molar-refractivity contribution in [2.45, 2.75) is 65.0 Å². The van der Waals surface area contributed by atoms with Crippen LogP contribution in [0.5, 0.6) is 0 Å². The largest absolute Gasteiger partial charge is 0.463 e. The number of nitrogens with one attached hydrogen (secondary N) is 1. The smallest absolute Gasteiger partial charge is 0.305 e. The van der Waals surface area contributed by atoms with Gasteiger partial charge in [-0.2, -0.15) is 0 Å². The molecule has 35 heavy (non-hydrogen) atoms. The minimum Gasteiger partial charge on any atom is -0.463 e. The van der Waals surface area contributed by atoms with Gasteiger partial charge in [0, 0.05) is 25.9 Å². The van der Waals surface area contributed by atoms with Crippen molar-refractivity contribution in [2.75, 3.05) is 19.8 Å². The van der Waals surface area contributed by atoms with Crippen LogP contribution in [0.4, 0.5) is 0 Å². The molecule has 0 unspecified atom stereocenters. The third-order valence-corrected chi connectivity index (χ3v) is 5.78. The van der Waals surface area contributed by atoms with Crippen LogP contribution in [0.1, 0.15) is 57.9 Å². The van der Waals surface area contributed by atoms with Gasteiger partial charge in [-0.25, -0.2) is 0 Å². The molecule has 0 heterocycles. The number of aliphatic hydroxyl groups is 1. The minimum absolute atomic E-state index is 0.00140. The number of allylic oxidation sites excluding steroid dienone is 2. The summed E-state index contributed by atoms with van der Waals surface area (Å²) in [7, 11) is 0. The van der Waals surface area contributed by atoms with Crippen LogP contribution in [-0.4, -0.2) is 53.6 Å². The SMILES string of the molecule is C=CCCCCC(=O)OC[C@@H](NC(=O)[C@H](CC=C)CC(=O)N(CCO)Cc1ccccc1)C(C)C. The van der Waals surface area contributed by atoms with E-state index in [2.05, 4.69) is 18.5 Å². The number of ether oxygens (including phenoxy) is 1. The number of aliphatic hydroxyl groups excluding tert-OH is 1. The summed E-state index contributed by atoms with van der Waals surface area (Å²) >= 11 is 0. The Bertz CT molecular complexity index is 794. The highest BCUT2D eigenvalue weighted by molar-refractivity contribution is 5.86. The average molecular weight is 487 g/mol. The number of unbranched alkanes of at least 4 members (excludes halogenated alkanes) is 2. The van der Waals surface area contributed by atoms with Crippen molar-refractivity contribution in [1.82, 2.24) is 10.2 Å². The minimum atomic E-state index is -0.604. The van der Waals surface area contributed by atoms with Crippen LogP contribution in [0.25, 0.3) is 0 Å². The van der Waals surface area contributed by atoms with Gasteiger partial charge in [-0.1, -0.05) is 56.3 Å². The molecule has 1 rings (SSSR count). The summed E-state index contributed by atoms with van der Waals surface area (Å²) in [6, 6.07) is 9.16. The van der Waals surface area contributed by atoms with Gasteiger partial charge in [-0.3, -0.25) is 14.4 Å². The maximum atomic E-state index is 13.1. The summed E-state index contributed by atoms with van der Waals surface area (Å²) in [5.41, 5.74) is 0.949. The Balaban J connectivity index is 2.73. The molecule has 7 heteroatoms. The molecule has 1 aromatic carbocycles. The highest BCUT2D eigenvalue weighted by Gasteiger charge is 2.27. The van der Waals surface area contributed by atoms with Gasteiger partial charge >= 0.3 is 5.97 Å². The van der Waals surface area contributed by atoms with E-state index in [-0.39, 0.29) is 55.9 Å². The molecule has 0 aliphatic carbocycles. The molecule has 2 amide bonds. The maximum absolute atomic E-state index is 13.1. The first-order valence-corrected chi connectivity index (χ1v) is 12.4. The number of carbonyl (C=O) groups is 3. The van der Waals surface area contributed by atoms with Gasteiger partial charge in [-0.15, -0.1) is 13.2 Å². The van der Waals surface area contributed by atoms with Gasteiger partial charge in [0.1, 0.15) is 6.61 Å². The number of amides is 2. The van der Waals surface area contributed by atoms with Crippen LogP contribution in [0.3, 0.4) is 0 Å². The lowest BCUT2D eigenvalue weighted by atomic mass is 9.97. The zero-order valence-corrected chi connectivity index (χ0v) is 21.3. The number of hydrogen-bond donors (Lipinski definition) is 2. The highest BCUT2D eigenvalue weighted by Crippen LogP contribution is 2.16. The third kappa shape index (κ3) is 12.4. The van der Waals surface area contributed by atoms with Gasteiger partial charge in [0.15, 0.2) is 0 Å². The first-order chi connectivity index (χ1) is 16.8. The topological polar surface area (TPSA) is 95.9 Å². The Labute approximate surface area is 210 Å². The van der Waals surface area contributed by atoms with Gasteiger partial charge < -0.3 is 20.1 Å². The molecular formula is C28H42N2O5. The van der Waals surface area contributed by atoms with E-state index in [0.29, 0.717) is 19.4 Å². The number of hydrogen-bond acceptors (Lipinski definition) is 5. The van der Waals surface area contributed by atoms with E-state index in [1.165, 1.54) is 0 Å². The van der Waals surface area contributed by atoms with Crippen LogP contribution < -0.4 is 5.32 Å². The van der Waals surface area contributed by atoms with Gasteiger partial charge in [0.05, 0.1) is 18.6 Å². The molecule has 194 valence electrons. The van der Waals surface area contributed by atoms with Gasteiger partial charge in [-0.05, 0) is 37.2 Å². The Hall–Kier alpha value is -2.93. The van der Waals surface area contributed by atoms with Gasteiger partial charge in [0.25, 0.3) is 0 Å². The Kier molecular flexibility index (Phi) is 15.0. The van der Waals surface area contributed by atoms with Crippen LogP contribution in [0, 0.1) is 11.8 Å². The molecule has 2 N–H and O–H groups in total. The lowest BCUT2D eigenvalue weighted by Crippen LogP contribution is -2.46. The number of esters is 1. The summed E-state index contributed by atoms with van der Waals surface area (Å²) in [4.78, 5) is 39.7. The second-order valence-electron chi connectivity index (χ2n) is 9.03. The monoisotopic (exact) mass is 486 g/mol. The Morgan fingerprint density at radius 1 is 1.11 bits per heavy atom. The molecule has 0 spiro atoms. The highest BCUT2D eigenvalue weighted by atomic mass is 16.5. The molecule has 0 saturated carbocycles. The molecule has 0 aliphatic rings. The van der Waals surface area contributed by atoms with Crippen molar-refractivity contribution in [1.29, 1.82) is 0 Å². The molecule has 0 aliphatic heterocycles. The number of rotatable bonds is 18. The second-order valence-corrected chi connectivity index (χ2v) is 9.03. The maximum Gasteiger partial charge on any atom is 0.305 e. The van der Waals surface area contributed by atoms with Crippen molar-refractivity contribution in [3.63, 3.8) is 0 Å². The van der Waals surface area contributed by atoms with E-state index in [1.54, 1.807) is 11.0 Å². The molecule has 0 saturated heterocycles. The predicted octanol–water partition coefficient (Wildman–Crippen LogP) is 4.02. The fraction of sp³-hybridized carbons (Fsp3) is 0.536. The molecule has 2 atom stereocenters. The third-order valence-electron chi connectivity index (χ3n) is 5.78. The summed E-state index contributed by atoms with van der Waals surface area (Å²) in [6.45, 7) is 11.8. The van der Waals surface area contributed by atoms with Crippen LogP contribution in [0.15, 0.2) is 55.6 Å². The first-order valence-electron chi connectivity index (χ1n) is 12.4. The summed E-state index contributed by atoms with van der Waals surface area (Å²) in [5, 5.41) is 12.4. The Morgan fingerprint density at radius 2 is 1.83 bits per heavy atom. The standard InChI is InChI=1S/C28H42N2O5/c1-5-7-8-12-16-27(33)35-21-25(22(3)4)29-28(34)24(13-6-2)19-26(32)30(17-18-31)20-23-14-10-9-11-15-23/h5-6,9-11,14-15,22,24-25,31H,1-2,7-8,12-13,16-21H2,3-4H3,(H,29,34)/t24-,25-/m1/s1. The van der Waals surface area contributed by atoms with E-state index in [0.717, 1.165) is 24.8 Å². The number of nitrogens with zero attached hydrogens (tertiary/aromatic N) is 1. The second kappa shape index (κ2) is 17.5. The summed E-state index contributed by atoms with van der Waals surface area (Å²) < 4.78 is 5.40. The summed E-state index contributed by atoms with van der Waals surface area (Å²) in [6.07, 6.45) is 6.61. The van der Waals surface area contributed by atoms with Crippen molar-refractivity contribution in [3.05, 3.63) is 61.2 Å². The van der Waals surface area contributed by atoms with Gasteiger partial charge in [0.2, 0.25) is 11.8 Å². The number of carbonyl (C=O) groups excluding carboxylic acids is 3. The molecule has 0 aromatic heterocycles. The zero-order valence-electron chi connectivity index (χ0n) is 21.3. The van der Waals surface area contributed by atoms with Crippen molar-refractivity contribution >= 4 is 17.8 Å². The van der Waals surface area contributed by atoms with E-state index in [4.69, 9.17) is 4.74 Å². The van der Waals surface area contributed by atoms with Crippen LogP contribution in [-0.2, 0) is 25.7 Å². The van der Waals surface area contributed by atoms with Crippen molar-refractivity contribution in [3.8, 4) is 0 Å². The predicted molar refractivity (Wildman–Crippen MR) is 138 cm³/mol. The fourth-order valence-corrected chi connectivity index (χ4v) is 3.55. The molecule has 7 nitrogen and oxygen atoms in total.